The maximum absolute atomic E-state index is 13.1. The van der Waals surface area contributed by atoms with E-state index in [1.54, 1.807) is 19.1 Å². The third-order valence-corrected chi connectivity index (χ3v) is 9.15. The molecule has 2 N–H and O–H groups in total. The number of alkyl halides is 2. The summed E-state index contributed by atoms with van der Waals surface area (Å²) < 4.78 is 37.4. The van der Waals surface area contributed by atoms with E-state index < -0.39 is 19.8 Å². The Morgan fingerprint density at radius 3 is 2.55 bits per heavy atom. The molecule has 1 aromatic carbocycles. The minimum atomic E-state index is -3.71. The van der Waals surface area contributed by atoms with Crippen LogP contribution in [0.1, 0.15) is 26.2 Å². The number of benzene rings is 1. The Morgan fingerprint density at radius 2 is 1.94 bits per heavy atom. The zero-order chi connectivity index (χ0) is 22.3. The van der Waals surface area contributed by atoms with Gasteiger partial charge >= 0.3 is 0 Å². The summed E-state index contributed by atoms with van der Waals surface area (Å²) in [6.45, 7) is 4.29. The predicted molar refractivity (Wildman–Crippen MR) is 119 cm³/mol. The van der Waals surface area contributed by atoms with Crippen molar-refractivity contribution in [1.29, 1.82) is 0 Å². The highest BCUT2D eigenvalue weighted by molar-refractivity contribution is 7.89. The van der Waals surface area contributed by atoms with Gasteiger partial charge in [-0.25, -0.2) is 8.42 Å². The summed E-state index contributed by atoms with van der Waals surface area (Å²) in [5, 5.41) is 6.12. The number of amides is 1. The second kappa shape index (κ2) is 8.68. The summed E-state index contributed by atoms with van der Waals surface area (Å²) in [6.07, 6.45) is 2.38. The van der Waals surface area contributed by atoms with Crippen molar-refractivity contribution in [3.63, 3.8) is 0 Å². The third-order valence-electron chi connectivity index (χ3n) is 6.15. The monoisotopic (exact) mass is 491 g/mol. The molecule has 2 unspecified atom stereocenters. The van der Waals surface area contributed by atoms with Crippen LogP contribution in [0.2, 0.25) is 0 Å². The molecule has 3 aliphatic rings. The van der Waals surface area contributed by atoms with Crippen LogP contribution in [-0.4, -0.2) is 68.5 Å². The molecular weight excluding hydrogens is 465 g/mol. The van der Waals surface area contributed by atoms with Crippen LogP contribution in [-0.2, 0) is 24.3 Å². The number of carbonyl (C=O) groups excluding carboxylic acids is 1. The van der Waals surface area contributed by atoms with Crippen molar-refractivity contribution in [2.75, 3.05) is 50.1 Å². The largest absolute Gasteiger partial charge is 0.381 e. The standard InChI is InChI=1S/C20H27Cl2N3O5S/c1-19(13-20(19,21)22)18(26)24-17-11-15(31(27,28)25-6-9-29-10-7-25)4-5-16(17)23-12-14-3-2-8-30-14/h4-5,11,14,23H,2-3,6-10,12-13H2,1H3,(H,24,26). The summed E-state index contributed by atoms with van der Waals surface area (Å²) in [4.78, 5) is 13.0. The number of nitrogens with zero attached hydrogens (tertiary/aromatic N) is 1. The first-order valence-electron chi connectivity index (χ1n) is 10.4. The predicted octanol–water partition coefficient (Wildman–Crippen LogP) is 2.82. The van der Waals surface area contributed by atoms with Crippen LogP contribution in [0.5, 0.6) is 0 Å². The van der Waals surface area contributed by atoms with Gasteiger partial charge in [0.25, 0.3) is 0 Å². The van der Waals surface area contributed by atoms with Gasteiger partial charge in [0.15, 0.2) is 0 Å². The van der Waals surface area contributed by atoms with E-state index in [0.29, 0.717) is 50.6 Å². The van der Waals surface area contributed by atoms with Crippen LogP contribution in [0, 0.1) is 5.41 Å². The molecule has 2 saturated heterocycles. The molecule has 8 nitrogen and oxygen atoms in total. The summed E-state index contributed by atoms with van der Waals surface area (Å²) in [6, 6.07) is 4.70. The molecule has 4 rings (SSSR count). The Morgan fingerprint density at radius 1 is 1.23 bits per heavy atom. The summed E-state index contributed by atoms with van der Waals surface area (Å²) in [5.74, 6) is -0.349. The van der Waals surface area contributed by atoms with Gasteiger partial charge in [-0.1, -0.05) is 0 Å². The number of anilines is 2. The number of halogens is 2. The molecule has 1 aromatic rings. The van der Waals surface area contributed by atoms with E-state index in [0.717, 1.165) is 19.4 Å². The zero-order valence-electron chi connectivity index (χ0n) is 17.3. The number of hydrogen-bond acceptors (Lipinski definition) is 6. The first-order chi connectivity index (χ1) is 14.6. The van der Waals surface area contributed by atoms with Crippen LogP contribution >= 0.6 is 23.2 Å². The van der Waals surface area contributed by atoms with Crippen LogP contribution in [0.25, 0.3) is 0 Å². The maximum atomic E-state index is 13.1. The molecule has 0 spiro atoms. The fourth-order valence-corrected chi connectivity index (χ4v) is 5.95. The molecule has 3 fully saturated rings. The first-order valence-corrected chi connectivity index (χ1v) is 12.6. The quantitative estimate of drug-likeness (QED) is 0.569. The number of nitrogens with one attached hydrogen (secondary N) is 2. The number of morpholine rings is 1. The van der Waals surface area contributed by atoms with E-state index in [1.807, 2.05) is 0 Å². The molecule has 1 saturated carbocycles. The van der Waals surface area contributed by atoms with Crippen LogP contribution in [0.4, 0.5) is 11.4 Å². The molecule has 1 amide bonds. The average Bonchev–Trinajstić information content (AvgIpc) is 3.09. The Kier molecular flexibility index (Phi) is 6.46. The van der Waals surface area contributed by atoms with Crippen molar-refractivity contribution in [3.8, 4) is 0 Å². The van der Waals surface area contributed by atoms with Gasteiger partial charge in [0, 0.05) is 26.2 Å². The van der Waals surface area contributed by atoms with Gasteiger partial charge in [-0.2, -0.15) is 4.31 Å². The Labute approximate surface area is 192 Å². The second-order valence-corrected chi connectivity index (χ2v) is 11.8. The number of hydrogen-bond donors (Lipinski definition) is 2. The lowest BCUT2D eigenvalue weighted by Crippen LogP contribution is -2.40. The van der Waals surface area contributed by atoms with Crippen molar-refractivity contribution >= 4 is 50.5 Å². The van der Waals surface area contributed by atoms with Crippen molar-refractivity contribution in [1.82, 2.24) is 4.31 Å². The number of sulfonamides is 1. The van der Waals surface area contributed by atoms with Gasteiger partial charge in [0.2, 0.25) is 15.9 Å². The van der Waals surface area contributed by atoms with Gasteiger partial charge < -0.3 is 20.1 Å². The smallest absolute Gasteiger partial charge is 0.243 e. The van der Waals surface area contributed by atoms with E-state index in [4.69, 9.17) is 32.7 Å². The van der Waals surface area contributed by atoms with E-state index in [-0.39, 0.29) is 16.9 Å². The van der Waals surface area contributed by atoms with Crippen LogP contribution < -0.4 is 10.6 Å². The Balaban J connectivity index is 1.59. The SMILES string of the molecule is CC1(C(=O)Nc2cc(S(=O)(=O)N3CCOCC3)ccc2NCC2CCCO2)CC1(Cl)Cl. The van der Waals surface area contributed by atoms with E-state index >= 15 is 0 Å². The molecule has 0 aromatic heterocycles. The normalized spacial score (nSPS) is 28.3. The highest BCUT2D eigenvalue weighted by Crippen LogP contribution is 2.64. The molecule has 2 heterocycles. The molecule has 11 heteroatoms. The van der Waals surface area contributed by atoms with Gasteiger partial charge in [0.1, 0.15) is 4.33 Å². The third kappa shape index (κ3) is 4.67. The van der Waals surface area contributed by atoms with Crippen molar-refractivity contribution in [2.24, 2.45) is 5.41 Å². The van der Waals surface area contributed by atoms with E-state index in [1.165, 1.54) is 10.4 Å². The van der Waals surface area contributed by atoms with Crippen molar-refractivity contribution in [3.05, 3.63) is 18.2 Å². The van der Waals surface area contributed by atoms with Crippen molar-refractivity contribution < 1.29 is 22.7 Å². The summed E-state index contributed by atoms with van der Waals surface area (Å²) in [7, 11) is -3.71. The Bertz CT molecular complexity index is 946. The molecule has 2 aliphatic heterocycles. The maximum Gasteiger partial charge on any atom is 0.243 e. The molecule has 0 bridgehead atoms. The molecule has 31 heavy (non-hydrogen) atoms. The van der Waals surface area contributed by atoms with Crippen LogP contribution in [0.15, 0.2) is 23.1 Å². The van der Waals surface area contributed by atoms with E-state index in [2.05, 4.69) is 10.6 Å². The molecule has 1 aliphatic carbocycles. The second-order valence-electron chi connectivity index (χ2n) is 8.41. The highest BCUT2D eigenvalue weighted by Gasteiger charge is 2.68. The minimum absolute atomic E-state index is 0.0830. The van der Waals surface area contributed by atoms with Crippen molar-refractivity contribution in [2.45, 2.75) is 41.5 Å². The number of ether oxygens (including phenoxy) is 2. The lowest BCUT2D eigenvalue weighted by molar-refractivity contribution is -0.120. The lowest BCUT2D eigenvalue weighted by Gasteiger charge is -2.26. The summed E-state index contributed by atoms with van der Waals surface area (Å²) >= 11 is 12.3. The molecular formula is C20H27Cl2N3O5S. The fourth-order valence-electron chi connectivity index (χ4n) is 3.81. The first kappa shape index (κ1) is 23.1. The molecule has 0 radical (unpaired) electrons. The molecule has 2 atom stereocenters. The van der Waals surface area contributed by atoms with E-state index in [9.17, 15) is 13.2 Å². The average molecular weight is 492 g/mol. The minimum Gasteiger partial charge on any atom is -0.381 e. The molecule has 172 valence electrons. The van der Waals surface area contributed by atoms with Gasteiger partial charge in [-0.3, -0.25) is 4.79 Å². The lowest BCUT2D eigenvalue weighted by atomic mass is 10.1. The fraction of sp³-hybridized carbons (Fsp3) is 0.650. The highest BCUT2D eigenvalue weighted by atomic mass is 35.5. The number of rotatable bonds is 7. The zero-order valence-corrected chi connectivity index (χ0v) is 19.7. The summed E-state index contributed by atoms with van der Waals surface area (Å²) in [5.41, 5.74) is 0.0551. The van der Waals surface area contributed by atoms with Crippen LogP contribution in [0.3, 0.4) is 0 Å². The van der Waals surface area contributed by atoms with Gasteiger partial charge in [0.05, 0.1) is 41.0 Å². The topological polar surface area (TPSA) is 97.0 Å². The Hall–Kier alpha value is -1.10. The van der Waals surface area contributed by atoms with Gasteiger partial charge in [-0.05, 0) is 44.4 Å². The van der Waals surface area contributed by atoms with Gasteiger partial charge in [-0.15, -0.1) is 23.2 Å². The number of carbonyl (C=O) groups is 1.